The molecule has 0 amide bonds. The minimum atomic E-state index is -3.92. The quantitative estimate of drug-likeness (QED) is 0.396. The summed E-state index contributed by atoms with van der Waals surface area (Å²) < 4.78 is 24.5. The van der Waals surface area contributed by atoms with Crippen LogP contribution in [0.3, 0.4) is 0 Å². The van der Waals surface area contributed by atoms with Gasteiger partial charge in [0.25, 0.3) is 0 Å². The number of rotatable bonds is 2. The summed E-state index contributed by atoms with van der Waals surface area (Å²) in [6, 6.07) is 0. The largest absolute Gasteiger partial charge is 0.340 e. The molecule has 0 aromatic carbocycles. The van der Waals surface area contributed by atoms with E-state index in [1.165, 1.54) is 18.5 Å². The number of allylic oxidation sites excluding steroid dienone is 1. The van der Waals surface area contributed by atoms with Gasteiger partial charge in [-0.3, -0.25) is 4.18 Å². The predicted molar refractivity (Wildman–Crippen MR) is 45.3 cm³/mol. The number of halogens is 1. The Hall–Kier alpha value is -0.590. The lowest BCUT2D eigenvalue weighted by Crippen LogP contribution is -2.44. The Bertz CT molecular complexity index is 324. The maximum atomic E-state index is 11.1. The third-order valence-electron chi connectivity index (χ3n) is 1.23. The van der Waals surface area contributed by atoms with Gasteiger partial charge in [0, 0.05) is 12.4 Å². The Kier molecular flexibility index (Phi) is 2.41. The monoisotopic (exact) mass is 210 g/mol. The first kappa shape index (κ1) is 9.50. The van der Waals surface area contributed by atoms with E-state index in [1.807, 2.05) is 0 Å². The highest BCUT2D eigenvalue weighted by Gasteiger charge is 2.42. The van der Waals surface area contributed by atoms with Gasteiger partial charge in [0.1, 0.15) is 0 Å². The Balaban J connectivity index is 3.02. The van der Waals surface area contributed by atoms with E-state index in [1.54, 1.807) is 0 Å². The highest BCUT2D eigenvalue weighted by molar-refractivity contribution is 7.89. The van der Waals surface area contributed by atoms with Crippen molar-refractivity contribution in [2.75, 3.05) is 7.11 Å². The molecular weight excluding hydrogens is 204 g/mol. The van der Waals surface area contributed by atoms with E-state index < -0.39 is 14.6 Å². The lowest BCUT2D eigenvalue weighted by Gasteiger charge is -2.22. The van der Waals surface area contributed by atoms with Crippen LogP contribution in [0.15, 0.2) is 17.3 Å². The Labute approximate surface area is 75.2 Å². The minimum Gasteiger partial charge on any atom is -0.340 e. The van der Waals surface area contributed by atoms with Crippen LogP contribution in [0.25, 0.3) is 0 Å². The van der Waals surface area contributed by atoms with Gasteiger partial charge in [-0.1, -0.05) is 11.6 Å². The molecular formula is C5H7ClN2O3S. The molecule has 1 heterocycles. The lowest BCUT2D eigenvalue weighted by molar-refractivity contribution is 0.377. The predicted octanol–water partition coefficient (Wildman–Crippen LogP) is 0.000400. The summed E-state index contributed by atoms with van der Waals surface area (Å²) in [5.74, 6) is 0. The van der Waals surface area contributed by atoms with Gasteiger partial charge in [-0.05, 0) is 6.08 Å². The zero-order valence-corrected chi connectivity index (χ0v) is 7.76. The topological polar surface area (TPSA) is 67.8 Å². The van der Waals surface area contributed by atoms with Crippen molar-refractivity contribution in [2.24, 2.45) is 4.99 Å². The number of aliphatic imine (C=N–C) groups is 1. The Morgan fingerprint density at radius 1 is 1.67 bits per heavy atom. The zero-order chi connectivity index (χ0) is 9.24. The van der Waals surface area contributed by atoms with Crippen LogP contribution >= 0.6 is 11.6 Å². The normalized spacial score (nSPS) is 28.5. The van der Waals surface area contributed by atoms with Crippen molar-refractivity contribution < 1.29 is 12.6 Å². The summed E-state index contributed by atoms with van der Waals surface area (Å²) in [5.41, 5.74) is 0. The van der Waals surface area contributed by atoms with Crippen molar-refractivity contribution in [1.29, 1.82) is 0 Å². The number of alkyl halides is 1. The highest BCUT2D eigenvalue weighted by Crippen LogP contribution is 2.23. The lowest BCUT2D eigenvalue weighted by atomic mass is 10.6. The van der Waals surface area contributed by atoms with Crippen molar-refractivity contribution in [3.63, 3.8) is 0 Å². The van der Waals surface area contributed by atoms with Crippen molar-refractivity contribution in [3.8, 4) is 0 Å². The summed E-state index contributed by atoms with van der Waals surface area (Å²) >= 11 is 5.59. The van der Waals surface area contributed by atoms with Crippen LogP contribution in [-0.4, -0.2) is 26.2 Å². The molecule has 1 N–H and O–H groups in total. The highest BCUT2D eigenvalue weighted by atomic mass is 35.5. The number of nitrogens with zero attached hydrogens (tertiary/aromatic N) is 1. The number of hydrogen-bond donors (Lipinski definition) is 1. The average Bonchev–Trinajstić information content (AvgIpc) is 2.06. The summed E-state index contributed by atoms with van der Waals surface area (Å²) in [4.78, 5) is 3.53. The van der Waals surface area contributed by atoms with Crippen molar-refractivity contribution >= 4 is 27.9 Å². The molecule has 1 aliphatic heterocycles. The molecule has 5 nitrogen and oxygen atoms in total. The van der Waals surface area contributed by atoms with Gasteiger partial charge in [0.15, 0.2) is 0 Å². The Morgan fingerprint density at radius 2 is 2.33 bits per heavy atom. The molecule has 68 valence electrons. The fourth-order valence-electron chi connectivity index (χ4n) is 0.617. The summed E-state index contributed by atoms with van der Waals surface area (Å²) in [7, 11) is -2.89. The van der Waals surface area contributed by atoms with Crippen LogP contribution in [0.4, 0.5) is 0 Å². The SMILES string of the molecule is COS(=O)(=O)C1(Cl)N=CC=CN1. The maximum absolute atomic E-state index is 11.1. The summed E-state index contributed by atoms with van der Waals surface area (Å²) in [6.07, 6.45) is 4.17. The number of hydrogen-bond acceptors (Lipinski definition) is 5. The second-order valence-electron chi connectivity index (χ2n) is 1.96. The fraction of sp³-hybridized carbons (Fsp3) is 0.400. The van der Waals surface area contributed by atoms with Gasteiger partial charge in [0.05, 0.1) is 7.11 Å². The molecule has 0 saturated heterocycles. The van der Waals surface area contributed by atoms with Gasteiger partial charge in [0.2, 0.25) is 0 Å². The van der Waals surface area contributed by atoms with Crippen LogP contribution in [0.5, 0.6) is 0 Å². The van der Waals surface area contributed by atoms with E-state index >= 15 is 0 Å². The van der Waals surface area contributed by atoms with E-state index in [4.69, 9.17) is 11.6 Å². The third kappa shape index (κ3) is 1.45. The second kappa shape index (κ2) is 3.04. The van der Waals surface area contributed by atoms with Crippen LogP contribution < -0.4 is 5.32 Å². The van der Waals surface area contributed by atoms with Gasteiger partial charge >= 0.3 is 14.6 Å². The first-order valence-electron chi connectivity index (χ1n) is 2.99. The molecule has 1 rings (SSSR count). The van der Waals surface area contributed by atoms with Gasteiger partial charge in [-0.25, -0.2) is 4.99 Å². The maximum Gasteiger partial charge on any atom is 0.336 e. The van der Waals surface area contributed by atoms with Crippen LogP contribution in [0.1, 0.15) is 0 Å². The molecule has 0 aromatic rings. The second-order valence-corrected chi connectivity index (χ2v) is 4.57. The molecule has 0 radical (unpaired) electrons. The molecule has 12 heavy (non-hydrogen) atoms. The van der Waals surface area contributed by atoms with Crippen LogP contribution in [-0.2, 0) is 14.3 Å². The van der Waals surface area contributed by atoms with Crippen molar-refractivity contribution in [3.05, 3.63) is 12.3 Å². The molecule has 7 heteroatoms. The molecule has 0 bridgehead atoms. The first-order valence-corrected chi connectivity index (χ1v) is 4.77. The molecule has 0 aromatic heterocycles. The van der Waals surface area contributed by atoms with E-state index in [2.05, 4.69) is 14.5 Å². The standard InChI is InChI=1S/C5H7ClN2O3S/c1-11-12(9,10)5(6)7-3-2-4-8-5/h2-4,7H,1H3. The molecule has 0 fully saturated rings. The van der Waals surface area contributed by atoms with Crippen molar-refractivity contribution in [2.45, 2.75) is 4.45 Å². The molecule has 0 spiro atoms. The molecule has 1 unspecified atom stereocenters. The van der Waals surface area contributed by atoms with Crippen LogP contribution in [0.2, 0.25) is 0 Å². The summed E-state index contributed by atoms with van der Waals surface area (Å²) in [5, 5.41) is 2.36. The molecule has 1 aliphatic rings. The molecule has 0 aliphatic carbocycles. The molecule has 1 atom stereocenters. The van der Waals surface area contributed by atoms with Crippen molar-refractivity contribution in [1.82, 2.24) is 5.32 Å². The molecule has 0 saturated carbocycles. The smallest absolute Gasteiger partial charge is 0.336 e. The van der Waals surface area contributed by atoms with Gasteiger partial charge in [-0.15, -0.1) is 0 Å². The van der Waals surface area contributed by atoms with Gasteiger partial charge in [-0.2, -0.15) is 8.42 Å². The van der Waals surface area contributed by atoms with Gasteiger partial charge < -0.3 is 5.32 Å². The summed E-state index contributed by atoms with van der Waals surface area (Å²) in [6.45, 7) is 0. The third-order valence-corrected chi connectivity index (χ3v) is 3.33. The van der Waals surface area contributed by atoms with E-state index in [9.17, 15) is 8.42 Å². The Morgan fingerprint density at radius 3 is 2.75 bits per heavy atom. The average molecular weight is 211 g/mol. The number of nitrogens with one attached hydrogen (secondary N) is 1. The van der Waals surface area contributed by atoms with Crippen LogP contribution in [0, 0.1) is 0 Å². The minimum absolute atomic E-state index is 1.02. The van der Waals surface area contributed by atoms with E-state index in [0.717, 1.165) is 7.11 Å². The van der Waals surface area contributed by atoms with E-state index in [0.29, 0.717) is 0 Å². The first-order chi connectivity index (χ1) is 5.52. The van der Waals surface area contributed by atoms with E-state index in [-0.39, 0.29) is 0 Å². The zero-order valence-electron chi connectivity index (χ0n) is 6.19. The fourth-order valence-corrected chi connectivity index (χ4v) is 1.55.